The second-order valence-corrected chi connectivity index (χ2v) is 9.12. The zero-order chi connectivity index (χ0) is 35.3. The fourth-order valence-electron chi connectivity index (χ4n) is 3.45. The molecule has 0 N–H and O–H groups in total. The molecule has 4 nitrogen and oxygen atoms in total. The summed E-state index contributed by atoms with van der Waals surface area (Å²) in [6.45, 7) is 30.9. The first-order valence-corrected chi connectivity index (χ1v) is 15.9. The van der Waals surface area contributed by atoms with E-state index in [4.69, 9.17) is 9.59 Å². The lowest BCUT2D eigenvalue weighted by atomic mass is 10.0. The van der Waals surface area contributed by atoms with Crippen molar-refractivity contribution >= 4 is 25.9 Å². The van der Waals surface area contributed by atoms with Crippen LogP contribution in [0, 0.1) is 27.7 Å². The van der Waals surface area contributed by atoms with E-state index in [-0.39, 0.29) is 0 Å². The van der Waals surface area contributed by atoms with Gasteiger partial charge < -0.3 is 9.59 Å². The Hall–Kier alpha value is -3.66. The molecule has 1 aromatic heterocycles. The summed E-state index contributed by atoms with van der Waals surface area (Å²) in [6.07, 6.45) is 19.7. The standard InChI is InChI=1S/C15H20N2.C8H10.C8H12.C3H8.2C2H6.2CH2O/c1-6-14(9-16-5)12(3)8-15-10-17-13(4)7-11(15)2;1-7-4-3-5-8(2)6-7;1-2-8-6-4-3-5-7-8;1-3-2;4*1-2/h6-10H,1-5H3;3-6H,1-2H3;4,6-7H,2-3,5H2,1H3;3H2,1-2H3;2*1-2H3;2*1H2/b12-8+,14-6+,16-9?;;;;;;;. The molecule has 1 aliphatic carbocycles. The van der Waals surface area contributed by atoms with Gasteiger partial charge in [0.1, 0.15) is 13.6 Å². The van der Waals surface area contributed by atoms with Crippen molar-refractivity contribution in [2.45, 2.75) is 116 Å². The second kappa shape index (κ2) is 39.3. The molecule has 0 saturated carbocycles. The van der Waals surface area contributed by atoms with E-state index in [1.165, 1.54) is 53.5 Å². The second-order valence-electron chi connectivity index (χ2n) is 9.12. The number of hydrogen-bond acceptors (Lipinski definition) is 4. The van der Waals surface area contributed by atoms with Gasteiger partial charge in [-0.05, 0) is 95.2 Å². The van der Waals surface area contributed by atoms with E-state index in [0.717, 1.165) is 16.8 Å². The summed E-state index contributed by atoms with van der Waals surface area (Å²) in [5.74, 6) is 0. The number of pyridine rings is 1. The van der Waals surface area contributed by atoms with E-state index in [0.29, 0.717) is 0 Å². The third kappa shape index (κ3) is 29.8. The third-order valence-electron chi connectivity index (χ3n) is 5.35. The Bertz CT molecular complexity index is 1060. The maximum atomic E-state index is 8.00. The van der Waals surface area contributed by atoms with Gasteiger partial charge in [-0.15, -0.1) is 0 Å². The number of aryl methyl sites for hydroxylation is 4. The maximum absolute atomic E-state index is 8.00. The highest BCUT2D eigenvalue weighted by molar-refractivity contribution is 5.86. The third-order valence-corrected chi connectivity index (χ3v) is 5.35. The van der Waals surface area contributed by atoms with E-state index in [9.17, 15) is 0 Å². The van der Waals surface area contributed by atoms with Crippen molar-refractivity contribution < 1.29 is 9.59 Å². The fraction of sp³-hybridized carbons (Fsp3) is 0.450. The van der Waals surface area contributed by atoms with Gasteiger partial charge in [0, 0.05) is 25.2 Å². The first-order chi connectivity index (χ1) is 21.2. The topological polar surface area (TPSA) is 59.4 Å². The highest BCUT2D eigenvalue weighted by atomic mass is 16.1. The van der Waals surface area contributed by atoms with Crippen LogP contribution < -0.4 is 0 Å². The normalized spacial score (nSPS) is 11.1. The molecule has 0 fully saturated rings. The molecule has 0 unspecified atom stereocenters. The van der Waals surface area contributed by atoms with Crippen LogP contribution in [0.2, 0.25) is 0 Å². The van der Waals surface area contributed by atoms with Crippen molar-refractivity contribution in [3.8, 4) is 0 Å². The Morgan fingerprint density at radius 2 is 1.43 bits per heavy atom. The van der Waals surface area contributed by atoms with Crippen molar-refractivity contribution in [1.82, 2.24) is 4.98 Å². The molecular formula is C40H66N2O2. The molecule has 4 heteroatoms. The maximum Gasteiger partial charge on any atom is 0.106 e. The molecule has 0 aliphatic heterocycles. The molecule has 2 aromatic rings. The van der Waals surface area contributed by atoms with E-state index in [1.807, 2.05) is 67.5 Å². The lowest BCUT2D eigenvalue weighted by molar-refractivity contribution is -0.0987. The van der Waals surface area contributed by atoms with Crippen LogP contribution in [-0.2, 0) is 9.59 Å². The van der Waals surface area contributed by atoms with Crippen molar-refractivity contribution in [1.29, 1.82) is 0 Å². The number of carbonyl (C=O) groups excluding carboxylic acids is 2. The first-order valence-electron chi connectivity index (χ1n) is 15.9. The minimum absolute atomic E-state index is 1.05. The molecule has 1 aromatic carbocycles. The zero-order valence-corrected chi connectivity index (χ0v) is 30.9. The molecule has 248 valence electrons. The summed E-state index contributed by atoms with van der Waals surface area (Å²) in [5, 5.41) is 0. The Balaban J connectivity index is -0.000000158. The number of carbonyl (C=O) groups is 2. The van der Waals surface area contributed by atoms with Gasteiger partial charge in [-0.1, -0.05) is 120 Å². The molecule has 0 spiro atoms. The van der Waals surface area contributed by atoms with Crippen LogP contribution in [0.5, 0.6) is 0 Å². The van der Waals surface area contributed by atoms with Crippen LogP contribution in [0.25, 0.3) is 6.08 Å². The van der Waals surface area contributed by atoms with E-state index in [1.54, 1.807) is 7.05 Å². The summed E-state index contributed by atoms with van der Waals surface area (Å²) >= 11 is 0. The predicted octanol–water partition coefficient (Wildman–Crippen LogP) is 11.8. The molecule has 0 bridgehead atoms. The summed E-state index contributed by atoms with van der Waals surface area (Å²) < 4.78 is 0. The average molecular weight is 607 g/mol. The largest absolute Gasteiger partial charge is 0.307 e. The molecule has 0 radical (unpaired) electrons. The number of hydrogen-bond donors (Lipinski definition) is 0. The Morgan fingerprint density at radius 1 is 0.909 bits per heavy atom. The van der Waals surface area contributed by atoms with Gasteiger partial charge in [-0.3, -0.25) is 9.98 Å². The number of allylic oxidation sites excluding steroid dienone is 7. The van der Waals surface area contributed by atoms with Crippen LogP contribution in [0.3, 0.4) is 0 Å². The summed E-state index contributed by atoms with van der Waals surface area (Å²) in [7, 11) is 1.79. The summed E-state index contributed by atoms with van der Waals surface area (Å²) in [5.41, 5.74) is 9.99. The SMILES string of the molecule is C/C=C(C=NC)/C(C)=C/c1cnc(C)cc1C.C=O.C=O.CC.CC.CCC.CCC1=CCCC=C1.Cc1cccc(C)c1. The highest BCUT2D eigenvalue weighted by Crippen LogP contribution is 2.16. The number of rotatable bonds is 4. The van der Waals surface area contributed by atoms with Gasteiger partial charge in [-0.25, -0.2) is 0 Å². The van der Waals surface area contributed by atoms with Crippen molar-refractivity contribution in [2.75, 3.05) is 7.05 Å². The average Bonchev–Trinajstić information content (AvgIpc) is 3.06. The number of benzene rings is 1. The molecule has 1 heterocycles. The minimum Gasteiger partial charge on any atom is -0.307 e. The summed E-state index contributed by atoms with van der Waals surface area (Å²) in [6, 6.07) is 10.5. The first kappa shape index (κ1) is 50.0. The van der Waals surface area contributed by atoms with Crippen LogP contribution >= 0.6 is 0 Å². The van der Waals surface area contributed by atoms with Gasteiger partial charge in [0.2, 0.25) is 0 Å². The van der Waals surface area contributed by atoms with Gasteiger partial charge >= 0.3 is 0 Å². The van der Waals surface area contributed by atoms with Gasteiger partial charge in [-0.2, -0.15) is 0 Å². The predicted molar refractivity (Wildman–Crippen MR) is 201 cm³/mol. The fourth-order valence-corrected chi connectivity index (χ4v) is 3.45. The Labute approximate surface area is 273 Å². The highest BCUT2D eigenvalue weighted by Gasteiger charge is 2.00. The number of aliphatic imine (C=N–C) groups is 1. The van der Waals surface area contributed by atoms with Gasteiger partial charge in [0.05, 0.1) is 0 Å². The molecule has 0 amide bonds. The van der Waals surface area contributed by atoms with E-state index >= 15 is 0 Å². The van der Waals surface area contributed by atoms with Crippen LogP contribution in [0.4, 0.5) is 0 Å². The number of nitrogens with zero attached hydrogens (tertiary/aromatic N) is 2. The lowest BCUT2D eigenvalue weighted by Crippen LogP contribution is -1.91. The minimum atomic E-state index is 1.05. The van der Waals surface area contributed by atoms with Crippen LogP contribution in [-0.4, -0.2) is 31.8 Å². The van der Waals surface area contributed by atoms with Crippen molar-refractivity contribution in [3.05, 3.63) is 105 Å². The van der Waals surface area contributed by atoms with Crippen molar-refractivity contribution in [2.24, 2.45) is 4.99 Å². The number of aromatic nitrogens is 1. The lowest BCUT2D eigenvalue weighted by Gasteiger charge is -2.05. The Morgan fingerprint density at radius 3 is 1.75 bits per heavy atom. The van der Waals surface area contributed by atoms with E-state index in [2.05, 4.69) is 119 Å². The molecule has 44 heavy (non-hydrogen) atoms. The van der Waals surface area contributed by atoms with Gasteiger partial charge in [0.25, 0.3) is 0 Å². The van der Waals surface area contributed by atoms with Crippen LogP contribution in [0.1, 0.15) is 116 Å². The van der Waals surface area contributed by atoms with Gasteiger partial charge in [0.15, 0.2) is 0 Å². The van der Waals surface area contributed by atoms with Crippen molar-refractivity contribution in [3.63, 3.8) is 0 Å². The van der Waals surface area contributed by atoms with Crippen LogP contribution in [0.15, 0.2) is 82.5 Å². The molecular weight excluding hydrogens is 540 g/mol. The molecule has 3 rings (SSSR count). The quantitative estimate of drug-likeness (QED) is 0.257. The molecule has 0 saturated heterocycles. The monoisotopic (exact) mass is 607 g/mol. The Kier molecular flexibility index (Phi) is 44.7. The zero-order valence-electron chi connectivity index (χ0n) is 30.9. The molecule has 1 aliphatic rings. The van der Waals surface area contributed by atoms with E-state index < -0.39 is 0 Å². The summed E-state index contributed by atoms with van der Waals surface area (Å²) in [4.78, 5) is 24.4. The molecule has 0 atom stereocenters. The smallest absolute Gasteiger partial charge is 0.106 e.